The molecule has 0 saturated heterocycles. The SMILES string of the molecule is CC[C-](C)c1cccs1.[CH3-].[U+2]. The summed E-state index contributed by atoms with van der Waals surface area (Å²) in [6.45, 7) is 4.38. The van der Waals surface area contributed by atoms with E-state index in [0.29, 0.717) is 0 Å². The Morgan fingerprint density at radius 1 is 1.55 bits per heavy atom. The second kappa shape index (κ2) is 7.28. The topological polar surface area (TPSA) is 0 Å². The average molecular weight is 392 g/mol. The van der Waals surface area contributed by atoms with Crippen LogP contribution in [0.3, 0.4) is 0 Å². The average Bonchev–Trinajstić information content (AvgIpc) is 2.37. The molecule has 1 aromatic rings. The van der Waals surface area contributed by atoms with Crippen LogP contribution in [0.5, 0.6) is 0 Å². The van der Waals surface area contributed by atoms with Crippen molar-refractivity contribution in [3.05, 3.63) is 35.7 Å². The van der Waals surface area contributed by atoms with Gasteiger partial charge in [-0.15, -0.1) is 24.3 Å². The van der Waals surface area contributed by atoms with Gasteiger partial charge in [-0.05, 0) is 5.38 Å². The molecule has 1 rings (SSSR count). The predicted molar refractivity (Wildman–Crippen MR) is 49.0 cm³/mol. The smallest absolute Gasteiger partial charge is 0.358 e. The Morgan fingerprint density at radius 3 is 2.55 bits per heavy atom. The van der Waals surface area contributed by atoms with Crippen molar-refractivity contribution in [1.82, 2.24) is 0 Å². The van der Waals surface area contributed by atoms with Crippen molar-refractivity contribution in [1.29, 1.82) is 0 Å². The molecule has 1 heterocycles. The van der Waals surface area contributed by atoms with Gasteiger partial charge in [0.15, 0.2) is 0 Å². The fourth-order valence-electron chi connectivity index (χ4n) is 0.696. The Morgan fingerprint density at radius 2 is 2.18 bits per heavy atom. The molecule has 0 aliphatic rings. The minimum Gasteiger partial charge on any atom is -0.358 e. The van der Waals surface area contributed by atoms with Crippen molar-refractivity contribution in [3.63, 3.8) is 0 Å². The molecule has 60 valence electrons. The Balaban J connectivity index is 0. The minimum absolute atomic E-state index is 0. The van der Waals surface area contributed by atoms with Crippen molar-refractivity contribution in [2.75, 3.05) is 0 Å². The third-order valence-electron chi connectivity index (χ3n) is 1.47. The van der Waals surface area contributed by atoms with Crippen LogP contribution < -0.4 is 0 Å². The molecular formula is C9H14SU. The molecule has 0 amide bonds. The minimum atomic E-state index is 0. The largest absolute Gasteiger partial charge is 2.00 e. The Hall–Kier alpha value is 0.622. The normalized spacial score (nSPS) is 7.82. The molecule has 11 heavy (non-hydrogen) atoms. The second-order valence-electron chi connectivity index (χ2n) is 2.11. The molecule has 0 fully saturated rings. The summed E-state index contributed by atoms with van der Waals surface area (Å²) in [4.78, 5) is 1.43. The van der Waals surface area contributed by atoms with E-state index in [1.807, 2.05) is 11.3 Å². The van der Waals surface area contributed by atoms with Gasteiger partial charge in [0, 0.05) is 0 Å². The Kier molecular flexibility index (Phi) is 9.37. The van der Waals surface area contributed by atoms with Crippen molar-refractivity contribution >= 4 is 11.3 Å². The first-order chi connectivity index (χ1) is 4.34. The van der Waals surface area contributed by atoms with Crippen LogP contribution in [0.4, 0.5) is 0 Å². The van der Waals surface area contributed by atoms with Gasteiger partial charge in [0.1, 0.15) is 0 Å². The monoisotopic (exact) mass is 392 g/mol. The molecule has 0 atom stereocenters. The van der Waals surface area contributed by atoms with E-state index in [1.54, 1.807) is 0 Å². The standard InChI is InChI=1S/C8H11S.CH3.U/c1-3-7(2)8-5-4-6-9-8;;/h4-6H,3H2,1-2H3;1H3;/q2*-1;+2. The van der Waals surface area contributed by atoms with Crippen LogP contribution in [0.15, 0.2) is 17.5 Å². The van der Waals surface area contributed by atoms with Crippen LogP contribution in [0.1, 0.15) is 25.1 Å². The van der Waals surface area contributed by atoms with Gasteiger partial charge in [0.2, 0.25) is 0 Å². The molecule has 2 heteroatoms. The molecule has 0 N–H and O–H groups in total. The summed E-state index contributed by atoms with van der Waals surface area (Å²) in [6.07, 6.45) is 1.17. The second-order valence-corrected chi connectivity index (χ2v) is 3.06. The molecule has 0 bridgehead atoms. The third kappa shape index (κ3) is 4.26. The van der Waals surface area contributed by atoms with Gasteiger partial charge >= 0.3 is 31.1 Å². The maximum Gasteiger partial charge on any atom is 2.00 e. The molecule has 0 aromatic carbocycles. The third-order valence-corrected chi connectivity index (χ3v) is 2.50. The number of thiophene rings is 1. The molecular weight excluding hydrogens is 378 g/mol. The van der Waals surface area contributed by atoms with Crippen LogP contribution in [0.25, 0.3) is 0 Å². The Bertz CT molecular complexity index is 158. The van der Waals surface area contributed by atoms with Crippen LogP contribution in [-0.4, -0.2) is 0 Å². The summed E-state index contributed by atoms with van der Waals surface area (Å²) in [6, 6.07) is 4.27. The molecule has 0 aliphatic heterocycles. The van der Waals surface area contributed by atoms with Crippen LogP contribution >= 0.6 is 11.3 Å². The number of hydrogen-bond donors (Lipinski definition) is 0. The molecule has 1 aromatic heterocycles. The molecule has 0 spiro atoms. The first-order valence-corrected chi connectivity index (χ1v) is 4.09. The van der Waals surface area contributed by atoms with Crippen molar-refractivity contribution in [3.8, 4) is 0 Å². The van der Waals surface area contributed by atoms with Crippen molar-refractivity contribution < 1.29 is 31.1 Å². The van der Waals surface area contributed by atoms with Gasteiger partial charge in [0.05, 0.1) is 0 Å². The van der Waals surface area contributed by atoms with E-state index >= 15 is 0 Å². The fourth-order valence-corrected chi connectivity index (χ4v) is 1.50. The fraction of sp³-hybridized carbons (Fsp3) is 0.333. The van der Waals surface area contributed by atoms with Gasteiger partial charge in [-0.2, -0.15) is 17.4 Å². The van der Waals surface area contributed by atoms with Gasteiger partial charge in [0.25, 0.3) is 0 Å². The zero-order valence-electron chi connectivity index (χ0n) is 7.35. The van der Waals surface area contributed by atoms with Crippen molar-refractivity contribution in [2.24, 2.45) is 0 Å². The molecule has 0 radical (unpaired) electrons. The van der Waals surface area contributed by atoms with E-state index in [2.05, 4.69) is 31.4 Å². The van der Waals surface area contributed by atoms with E-state index in [1.165, 1.54) is 17.2 Å². The maximum atomic E-state index is 2.19. The van der Waals surface area contributed by atoms with Crippen LogP contribution in [0.2, 0.25) is 0 Å². The number of hydrogen-bond acceptors (Lipinski definition) is 1. The van der Waals surface area contributed by atoms with Gasteiger partial charge in [-0.1, -0.05) is 6.92 Å². The maximum absolute atomic E-state index is 2.19. The van der Waals surface area contributed by atoms with E-state index in [0.717, 1.165) is 0 Å². The summed E-state index contributed by atoms with van der Waals surface area (Å²) in [5, 5.41) is 2.12. The van der Waals surface area contributed by atoms with E-state index in [-0.39, 0.29) is 38.5 Å². The predicted octanol–water partition coefficient (Wildman–Crippen LogP) is 3.55. The molecule has 0 nitrogen and oxygen atoms in total. The molecule has 0 saturated carbocycles. The first-order valence-electron chi connectivity index (χ1n) is 3.21. The van der Waals surface area contributed by atoms with E-state index in [4.69, 9.17) is 0 Å². The zero-order chi connectivity index (χ0) is 6.69. The zero-order valence-corrected chi connectivity index (χ0v) is 12.3. The van der Waals surface area contributed by atoms with Crippen LogP contribution in [0, 0.1) is 44.5 Å². The van der Waals surface area contributed by atoms with Gasteiger partial charge in [-0.25, -0.2) is 5.92 Å². The first kappa shape index (κ1) is 14.2. The number of rotatable bonds is 2. The van der Waals surface area contributed by atoms with E-state index in [9.17, 15) is 0 Å². The summed E-state index contributed by atoms with van der Waals surface area (Å²) >= 11 is 1.82. The summed E-state index contributed by atoms with van der Waals surface area (Å²) in [5.41, 5.74) is 0. The summed E-state index contributed by atoms with van der Waals surface area (Å²) in [5.74, 6) is 1.49. The van der Waals surface area contributed by atoms with Crippen molar-refractivity contribution in [2.45, 2.75) is 20.3 Å². The molecule has 0 unspecified atom stereocenters. The quantitative estimate of drug-likeness (QED) is 0.676. The Labute approximate surface area is 97.8 Å². The van der Waals surface area contributed by atoms with Crippen LogP contribution in [-0.2, 0) is 0 Å². The molecule has 0 aliphatic carbocycles. The van der Waals surface area contributed by atoms with E-state index < -0.39 is 0 Å². The summed E-state index contributed by atoms with van der Waals surface area (Å²) in [7, 11) is 0. The summed E-state index contributed by atoms with van der Waals surface area (Å²) < 4.78 is 0. The van der Waals surface area contributed by atoms with Gasteiger partial charge in [-0.3, -0.25) is 0 Å². The van der Waals surface area contributed by atoms with Gasteiger partial charge < -0.3 is 7.43 Å².